The molecule has 0 atom stereocenters. The third-order valence-electron chi connectivity index (χ3n) is 5.36. The molecule has 0 aliphatic carbocycles. The molecule has 4 aromatic rings. The largest absolute Gasteiger partial charge is 0.477 e. The number of benzene rings is 2. The van der Waals surface area contributed by atoms with E-state index in [2.05, 4.69) is 20.3 Å². The van der Waals surface area contributed by atoms with Crippen LogP contribution in [0.5, 0.6) is 11.6 Å². The quantitative estimate of drug-likeness (QED) is 0.335. The smallest absolute Gasteiger partial charge is 0.354 e. The summed E-state index contributed by atoms with van der Waals surface area (Å²) in [6, 6.07) is 13.3. The molecule has 2 aromatic heterocycles. The number of hydrogen-bond acceptors (Lipinski definition) is 8. The first-order valence-corrected chi connectivity index (χ1v) is 11.7. The first kappa shape index (κ1) is 25.6. The summed E-state index contributed by atoms with van der Waals surface area (Å²) in [6.07, 6.45) is 1.71. The fourth-order valence-electron chi connectivity index (χ4n) is 3.55. The normalized spacial score (nSPS) is 10.8. The van der Waals surface area contributed by atoms with Gasteiger partial charge >= 0.3 is 17.3 Å². The number of hydrogen-bond donors (Lipinski definition) is 2. The molecular weight excluding hydrogens is 500 g/mol. The number of rotatable bonds is 9. The minimum absolute atomic E-state index is 0.0780. The second-order valence-corrected chi connectivity index (χ2v) is 8.56. The molecule has 0 radical (unpaired) electrons. The SMILES string of the molecule is CCCn1c(=O)nc(Nc2ccc(Oc3cc(C(=O)O)ncn3)c(C)c2)n(Cc2ccc(Cl)cc2)c1=O. The monoisotopic (exact) mass is 522 g/mol. The Balaban J connectivity index is 1.65. The second-order valence-electron chi connectivity index (χ2n) is 8.12. The van der Waals surface area contributed by atoms with Crippen LogP contribution in [0.4, 0.5) is 11.6 Å². The van der Waals surface area contributed by atoms with Crippen LogP contribution in [0.2, 0.25) is 5.02 Å². The van der Waals surface area contributed by atoms with Crippen LogP contribution < -0.4 is 21.4 Å². The highest BCUT2D eigenvalue weighted by atomic mass is 35.5. The molecule has 2 aromatic carbocycles. The lowest BCUT2D eigenvalue weighted by atomic mass is 10.2. The van der Waals surface area contributed by atoms with E-state index in [0.717, 1.165) is 16.5 Å². The van der Waals surface area contributed by atoms with E-state index < -0.39 is 17.3 Å². The van der Waals surface area contributed by atoms with Crippen molar-refractivity contribution >= 4 is 29.2 Å². The van der Waals surface area contributed by atoms with E-state index in [9.17, 15) is 14.4 Å². The van der Waals surface area contributed by atoms with Crippen LogP contribution in [0.3, 0.4) is 0 Å². The minimum Gasteiger partial charge on any atom is -0.477 e. The zero-order valence-electron chi connectivity index (χ0n) is 20.0. The maximum Gasteiger partial charge on any atom is 0.354 e. The Morgan fingerprint density at radius 2 is 1.84 bits per heavy atom. The predicted molar refractivity (Wildman–Crippen MR) is 137 cm³/mol. The van der Waals surface area contributed by atoms with Gasteiger partial charge in [0, 0.05) is 23.3 Å². The maximum atomic E-state index is 13.2. The maximum absolute atomic E-state index is 13.2. The molecule has 37 heavy (non-hydrogen) atoms. The number of carboxylic acids is 1. The lowest BCUT2D eigenvalue weighted by Gasteiger charge is -2.16. The van der Waals surface area contributed by atoms with E-state index in [1.165, 1.54) is 10.6 Å². The summed E-state index contributed by atoms with van der Waals surface area (Å²) in [5.41, 5.74) is 0.743. The second kappa shape index (κ2) is 11.0. The van der Waals surface area contributed by atoms with Gasteiger partial charge in [0.15, 0.2) is 5.69 Å². The molecule has 2 N–H and O–H groups in total. The Bertz CT molecular complexity index is 1570. The fourth-order valence-corrected chi connectivity index (χ4v) is 3.68. The summed E-state index contributed by atoms with van der Waals surface area (Å²) in [5, 5.41) is 12.7. The molecule has 11 nitrogen and oxygen atoms in total. The molecule has 0 fully saturated rings. The Morgan fingerprint density at radius 1 is 1.08 bits per heavy atom. The summed E-state index contributed by atoms with van der Waals surface area (Å²) in [7, 11) is 0. The molecule has 190 valence electrons. The molecular formula is C25H23ClN6O5. The number of aromatic nitrogens is 5. The molecule has 2 heterocycles. The van der Waals surface area contributed by atoms with Crippen molar-refractivity contribution in [3.05, 3.63) is 97.7 Å². The average Bonchev–Trinajstić information content (AvgIpc) is 2.87. The predicted octanol–water partition coefficient (Wildman–Crippen LogP) is 3.85. The highest BCUT2D eigenvalue weighted by Crippen LogP contribution is 2.27. The van der Waals surface area contributed by atoms with Crippen LogP contribution >= 0.6 is 11.6 Å². The molecule has 0 aliphatic rings. The molecule has 0 spiro atoms. The van der Waals surface area contributed by atoms with Crippen molar-refractivity contribution in [2.24, 2.45) is 0 Å². The van der Waals surface area contributed by atoms with Crippen LogP contribution in [-0.2, 0) is 13.1 Å². The Morgan fingerprint density at radius 3 is 2.51 bits per heavy atom. The number of carboxylic acid groups (broad SMARTS) is 1. The van der Waals surface area contributed by atoms with Crippen LogP contribution in [0.25, 0.3) is 0 Å². The summed E-state index contributed by atoms with van der Waals surface area (Å²) >= 11 is 5.99. The lowest BCUT2D eigenvalue weighted by molar-refractivity contribution is 0.0689. The summed E-state index contributed by atoms with van der Waals surface area (Å²) < 4.78 is 8.23. The highest BCUT2D eigenvalue weighted by molar-refractivity contribution is 6.30. The highest BCUT2D eigenvalue weighted by Gasteiger charge is 2.15. The number of carbonyl (C=O) groups is 1. The van der Waals surface area contributed by atoms with Gasteiger partial charge in [0.25, 0.3) is 0 Å². The van der Waals surface area contributed by atoms with Crippen LogP contribution in [0, 0.1) is 6.92 Å². The molecule has 0 saturated carbocycles. The van der Waals surface area contributed by atoms with Gasteiger partial charge in [-0.3, -0.25) is 4.57 Å². The van der Waals surface area contributed by atoms with Gasteiger partial charge < -0.3 is 15.2 Å². The van der Waals surface area contributed by atoms with Crippen molar-refractivity contribution in [2.45, 2.75) is 33.4 Å². The molecule has 4 rings (SSSR count). The minimum atomic E-state index is -1.19. The van der Waals surface area contributed by atoms with E-state index in [1.807, 2.05) is 6.92 Å². The van der Waals surface area contributed by atoms with Gasteiger partial charge in [-0.2, -0.15) is 4.98 Å². The number of ether oxygens (including phenoxy) is 1. The molecule has 0 bridgehead atoms. The van der Waals surface area contributed by atoms with Gasteiger partial charge in [-0.05, 0) is 54.8 Å². The summed E-state index contributed by atoms with van der Waals surface area (Å²) in [4.78, 5) is 48.7. The van der Waals surface area contributed by atoms with Gasteiger partial charge in [-0.15, -0.1) is 0 Å². The standard InChI is InChI=1S/C25H23ClN6O5/c1-3-10-31-24(35)30-23(32(25(31)36)13-16-4-6-17(26)7-5-16)29-18-8-9-20(15(2)11-18)37-21-12-19(22(33)34)27-14-28-21/h4-9,11-12,14H,3,10,13H2,1-2H3,(H,33,34)(H,29,30,35). The van der Waals surface area contributed by atoms with Crippen LogP contribution in [-0.4, -0.2) is 35.2 Å². The number of aromatic carboxylic acids is 1. The third-order valence-corrected chi connectivity index (χ3v) is 5.61. The Hall–Kier alpha value is -4.51. The molecule has 0 unspecified atom stereocenters. The van der Waals surface area contributed by atoms with E-state index >= 15 is 0 Å². The lowest BCUT2D eigenvalue weighted by Crippen LogP contribution is -2.42. The zero-order chi connectivity index (χ0) is 26.5. The van der Waals surface area contributed by atoms with E-state index in [1.54, 1.807) is 49.4 Å². The van der Waals surface area contributed by atoms with Crippen molar-refractivity contribution in [3.63, 3.8) is 0 Å². The number of halogens is 1. The van der Waals surface area contributed by atoms with Crippen molar-refractivity contribution in [3.8, 4) is 11.6 Å². The molecule has 0 saturated heterocycles. The number of aryl methyl sites for hydroxylation is 1. The first-order chi connectivity index (χ1) is 17.7. The molecule has 0 aliphatic heterocycles. The average molecular weight is 523 g/mol. The number of nitrogens with zero attached hydrogens (tertiary/aromatic N) is 5. The summed E-state index contributed by atoms with van der Waals surface area (Å²) in [5.74, 6) is -0.589. The van der Waals surface area contributed by atoms with Gasteiger partial charge in [-0.1, -0.05) is 30.7 Å². The van der Waals surface area contributed by atoms with Crippen molar-refractivity contribution in [1.29, 1.82) is 0 Å². The van der Waals surface area contributed by atoms with E-state index in [4.69, 9.17) is 21.4 Å². The van der Waals surface area contributed by atoms with Crippen LogP contribution in [0.15, 0.2) is 64.4 Å². The number of anilines is 2. The topological polar surface area (TPSA) is 141 Å². The van der Waals surface area contributed by atoms with Crippen molar-refractivity contribution < 1.29 is 14.6 Å². The van der Waals surface area contributed by atoms with E-state index in [-0.39, 0.29) is 30.6 Å². The third kappa shape index (κ3) is 6.01. The first-order valence-electron chi connectivity index (χ1n) is 11.3. The van der Waals surface area contributed by atoms with Crippen molar-refractivity contribution in [1.82, 2.24) is 24.1 Å². The molecule has 12 heteroatoms. The fraction of sp³-hybridized carbons (Fsp3) is 0.200. The van der Waals surface area contributed by atoms with Gasteiger partial charge in [0.05, 0.1) is 6.54 Å². The Labute approximate surface area is 216 Å². The van der Waals surface area contributed by atoms with Crippen LogP contribution in [0.1, 0.15) is 35.0 Å². The van der Waals surface area contributed by atoms with Gasteiger partial charge in [-0.25, -0.2) is 28.9 Å². The van der Waals surface area contributed by atoms with Crippen molar-refractivity contribution in [2.75, 3.05) is 5.32 Å². The summed E-state index contributed by atoms with van der Waals surface area (Å²) in [6.45, 7) is 4.09. The zero-order valence-corrected chi connectivity index (χ0v) is 20.8. The molecule has 0 amide bonds. The number of nitrogens with one attached hydrogen (secondary N) is 1. The van der Waals surface area contributed by atoms with Gasteiger partial charge in [0.2, 0.25) is 11.8 Å². The Kier molecular flexibility index (Phi) is 7.63. The van der Waals surface area contributed by atoms with Gasteiger partial charge in [0.1, 0.15) is 12.1 Å². The van der Waals surface area contributed by atoms with E-state index in [0.29, 0.717) is 28.4 Å².